The van der Waals surface area contributed by atoms with Crippen LogP contribution in [0.3, 0.4) is 0 Å². The number of amides is 1. The smallest absolute Gasteiger partial charge is 0.310 e. The van der Waals surface area contributed by atoms with Crippen LogP contribution in [0.15, 0.2) is 24.3 Å². The van der Waals surface area contributed by atoms with E-state index >= 15 is 0 Å². The molecule has 0 aliphatic heterocycles. The average molecular weight is 293 g/mol. The highest BCUT2D eigenvalue weighted by atomic mass is 16.5. The predicted molar refractivity (Wildman–Crippen MR) is 80.0 cm³/mol. The molecule has 2 N–H and O–H groups in total. The van der Waals surface area contributed by atoms with Gasteiger partial charge in [0.1, 0.15) is 5.75 Å². The van der Waals surface area contributed by atoms with Crippen LogP contribution >= 0.6 is 0 Å². The van der Waals surface area contributed by atoms with Gasteiger partial charge in [-0.25, -0.2) is 0 Å². The van der Waals surface area contributed by atoms with Gasteiger partial charge in [-0.1, -0.05) is 32.0 Å². The van der Waals surface area contributed by atoms with Crippen molar-refractivity contribution in [1.82, 2.24) is 5.32 Å². The lowest BCUT2D eigenvalue weighted by Gasteiger charge is -2.28. The first kappa shape index (κ1) is 17.0. The van der Waals surface area contributed by atoms with Crippen LogP contribution in [-0.2, 0) is 16.1 Å². The van der Waals surface area contributed by atoms with Crippen molar-refractivity contribution in [3.63, 3.8) is 0 Å². The molecule has 1 atom stereocenters. The third-order valence-corrected chi connectivity index (χ3v) is 3.96. The zero-order valence-corrected chi connectivity index (χ0v) is 13.0. The Labute approximate surface area is 125 Å². The Balaban J connectivity index is 2.68. The number of methoxy groups -OCH3 is 1. The Morgan fingerprint density at radius 2 is 1.95 bits per heavy atom. The lowest BCUT2D eigenvalue weighted by atomic mass is 9.76. The molecule has 0 aliphatic carbocycles. The van der Waals surface area contributed by atoms with E-state index in [1.54, 1.807) is 14.0 Å². The van der Waals surface area contributed by atoms with Gasteiger partial charge < -0.3 is 15.2 Å². The van der Waals surface area contributed by atoms with Gasteiger partial charge in [-0.15, -0.1) is 0 Å². The van der Waals surface area contributed by atoms with E-state index in [0.29, 0.717) is 12.3 Å². The van der Waals surface area contributed by atoms with E-state index in [1.165, 1.54) is 0 Å². The zero-order valence-electron chi connectivity index (χ0n) is 13.0. The van der Waals surface area contributed by atoms with Crippen LogP contribution in [0, 0.1) is 11.3 Å². The number of aliphatic carboxylic acids is 1. The lowest BCUT2D eigenvalue weighted by Crippen LogP contribution is -2.39. The van der Waals surface area contributed by atoms with Gasteiger partial charge in [0.15, 0.2) is 0 Å². The molecule has 1 aromatic rings. The molecule has 1 unspecified atom stereocenters. The number of ether oxygens (including phenoxy) is 1. The molecule has 5 heteroatoms. The first-order chi connectivity index (χ1) is 9.81. The minimum absolute atomic E-state index is 0.0465. The van der Waals surface area contributed by atoms with Gasteiger partial charge in [0.2, 0.25) is 5.91 Å². The summed E-state index contributed by atoms with van der Waals surface area (Å²) in [5.41, 5.74) is -0.208. The van der Waals surface area contributed by atoms with Gasteiger partial charge in [0.25, 0.3) is 0 Å². The number of benzene rings is 1. The van der Waals surface area contributed by atoms with Gasteiger partial charge in [0.05, 0.1) is 12.5 Å². The van der Waals surface area contributed by atoms with Crippen LogP contribution in [-0.4, -0.2) is 24.1 Å². The highest BCUT2D eigenvalue weighted by Gasteiger charge is 2.38. The van der Waals surface area contributed by atoms with Crippen LogP contribution in [0.5, 0.6) is 5.75 Å². The number of hydrogen-bond donors (Lipinski definition) is 2. The number of carbonyl (C=O) groups is 2. The van der Waals surface area contributed by atoms with Crippen LogP contribution < -0.4 is 10.1 Å². The van der Waals surface area contributed by atoms with Crippen LogP contribution in [0.4, 0.5) is 0 Å². The van der Waals surface area contributed by atoms with Gasteiger partial charge in [-0.05, 0) is 18.9 Å². The summed E-state index contributed by atoms with van der Waals surface area (Å²) in [5.74, 6) is -0.667. The average Bonchev–Trinajstić information content (AvgIpc) is 2.44. The van der Waals surface area contributed by atoms with E-state index < -0.39 is 11.4 Å². The van der Waals surface area contributed by atoms with Crippen molar-refractivity contribution >= 4 is 11.9 Å². The Morgan fingerprint density at radius 3 is 2.48 bits per heavy atom. The first-order valence-corrected chi connectivity index (χ1v) is 6.93. The summed E-state index contributed by atoms with van der Waals surface area (Å²) in [5, 5.41) is 12.1. The van der Waals surface area contributed by atoms with Crippen molar-refractivity contribution < 1.29 is 19.4 Å². The summed E-state index contributed by atoms with van der Waals surface area (Å²) in [4.78, 5) is 23.4. The highest BCUT2D eigenvalue weighted by Crippen LogP contribution is 2.31. The maximum atomic E-state index is 12.0. The van der Waals surface area contributed by atoms with Crippen LogP contribution in [0.2, 0.25) is 0 Å². The Kier molecular flexibility index (Phi) is 5.76. The molecule has 0 radical (unpaired) electrons. The van der Waals surface area contributed by atoms with E-state index in [0.717, 1.165) is 5.56 Å². The quantitative estimate of drug-likeness (QED) is 0.809. The first-order valence-electron chi connectivity index (χ1n) is 6.93. The maximum absolute atomic E-state index is 12.0. The third-order valence-electron chi connectivity index (χ3n) is 3.96. The van der Waals surface area contributed by atoms with Gasteiger partial charge in [-0.3, -0.25) is 9.59 Å². The van der Waals surface area contributed by atoms with Crippen LogP contribution in [0.1, 0.15) is 32.8 Å². The van der Waals surface area contributed by atoms with Crippen molar-refractivity contribution in [3.8, 4) is 5.75 Å². The molecule has 0 aromatic heterocycles. The SMILES string of the molecule is COc1ccccc1CNC(=O)CC(C)(C(=O)O)C(C)C. The topological polar surface area (TPSA) is 75.6 Å². The minimum atomic E-state index is -1.06. The molecule has 0 heterocycles. The molecular weight excluding hydrogens is 270 g/mol. The van der Waals surface area contributed by atoms with Gasteiger partial charge in [0, 0.05) is 18.5 Å². The minimum Gasteiger partial charge on any atom is -0.496 e. The second kappa shape index (κ2) is 7.11. The summed E-state index contributed by atoms with van der Waals surface area (Å²) in [6, 6.07) is 7.39. The molecule has 5 nitrogen and oxygen atoms in total. The summed E-state index contributed by atoms with van der Waals surface area (Å²) in [6.45, 7) is 5.53. The largest absolute Gasteiger partial charge is 0.496 e. The maximum Gasteiger partial charge on any atom is 0.310 e. The third kappa shape index (κ3) is 4.21. The standard InChI is InChI=1S/C16H23NO4/c1-11(2)16(3,15(19)20)9-14(18)17-10-12-7-5-6-8-13(12)21-4/h5-8,11H,9-10H2,1-4H3,(H,17,18)(H,19,20). The van der Waals surface area contributed by atoms with E-state index in [9.17, 15) is 14.7 Å². The molecule has 0 spiro atoms. The molecule has 1 rings (SSSR count). The number of nitrogens with one attached hydrogen (secondary N) is 1. The number of carboxylic acid groups (broad SMARTS) is 1. The number of carbonyl (C=O) groups excluding carboxylic acids is 1. The summed E-state index contributed by atoms with van der Waals surface area (Å²) in [7, 11) is 1.57. The van der Waals surface area contributed by atoms with Crippen molar-refractivity contribution in [2.45, 2.75) is 33.7 Å². The molecule has 1 amide bonds. The predicted octanol–water partition coefficient (Wildman–Crippen LogP) is 2.45. The molecule has 0 bridgehead atoms. The number of hydrogen-bond acceptors (Lipinski definition) is 3. The van der Waals surface area contributed by atoms with Gasteiger partial charge in [-0.2, -0.15) is 0 Å². The van der Waals surface area contributed by atoms with Crippen molar-refractivity contribution in [1.29, 1.82) is 0 Å². The Bertz CT molecular complexity index is 513. The van der Waals surface area contributed by atoms with E-state index in [1.807, 2.05) is 38.1 Å². The fourth-order valence-corrected chi connectivity index (χ4v) is 1.97. The van der Waals surface area contributed by atoms with E-state index in [2.05, 4.69) is 5.32 Å². The number of rotatable bonds is 7. The summed E-state index contributed by atoms with van der Waals surface area (Å²) >= 11 is 0. The second-order valence-corrected chi connectivity index (χ2v) is 5.64. The van der Waals surface area contributed by atoms with E-state index in [-0.39, 0.29) is 18.2 Å². The fraction of sp³-hybridized carbons (Fsp3) is 0.500. The summed E-state index contributed by atoms with van der Waals surface area (Å²) < 4.78 is 5.21. The van der Waals surface area contributed by atoms with Crippen molar-refractivity contribution in [3.05, 3.63) is 29.8 Å². The summed E-state index contributed by atoms with van der Waals surface area (Å²) in [6.07, 6.45) is -0.0465. The molecule has 0 saturated heterocycles. The Morgan fingerprint density at radius 1 is 1.33 bits per heavy atom. The second-order valence-electron chi connectivity index (χ2n) is 5.64. The van der Waals surface area contributed by atoms with Gasteiger partial charge >= 0.3 is 5.97 Å². The van der Waals surface area contributed by atoms with Crippen molar-refractivity contribution in [2.75, 3.05) is 7.11 Å². The molecule has 0 aliphatic rings. The molecule has 0 saturated carbocycles. The monoisotopic (exact) mass is 293 g/mol. The van der Waals surface area contributed by atoms with Crippen molar-refractivity contribution in [2.24, 2.45) is 11.3 Å². The van der Waals surface area contributed by atoms with Crippen LogP contribution in [0.25, 0.3) is 0 Å². The van der Waals surface area contributed by atoms with E-state index in [4.69, 9.17) is 4.74 Å². The normalized spacial score (nSPS) is 13.6. The zero-order chi connectivity index (χ0) is 16.0. The lowest BCUT2D eigenvalue weighted by molar-refractivity contribution is -0.153. The highest BCUT2D eigenvalue weighted by molar-refractivity contribution is 5.84. The Hall–Kier alpha value is -2.04. The molecular formula is C16H23NO4. The number of para-hydroxylation sites is 1. The molecule has 116 valence electrons. The fourth-order valence-electron chi connectivity index (χ4n) is 1.97. The molecule has 1 aromatic carbocycles. The number of carboxylic acids is 1. The molecule has 0 fully saturated rings. The molecule has 21 heavy (non-hydrogen) atoms.